The van der Waals surface area contributed by atoms with Gasteiger partial charge in [-0.1, -0.05) is 31.4 Å². The van der Waals surface area contributed by atoms with Crippen LogP contribution in [0.3, 0.4) is 0 Å². The zero-order valence-electron chi connectivity index (χ0n) is 16.8. The summed E-state index contributed by atoms with van der Waals surface area (Å²) in [5.41, 5.74) is 0.936. The summed E-state index contributed by atoms with van der Waals surface area (Å²) >= 11 is 0. The molecule has 150 valence electrons. The lowest BCUT2D eigenvalue weighted by atomic mass is 9.93. The maximum Gasteiger partial charge on any atom is 0.278 e. The monoisotopic (exact) mass is 378 g/mol. The van der Waals surface area contributed by atoms with E-state index in [1.165, 1.54) is 18.6 Å². The van der Waals surface area contributed by atoms with Gasteiger partial charge in [0.15, 0.2) is 13.1 Å². The van der Waals surface area contributed by atoms with Crippen LogP contribution in [0.15, 0.2) is 24.3 Å². The van der Waals surface area contributed by atoms with Gasteiger partial charge >= 0.3 is 0 Å². The number of amides is 2. The minimum Gasteiger partial charge on any atom is -0.349 e. The van der Waals surface area contributed by atoms with Crippen molar-refractivity contribution in [1.82, 2.24) is 10.2 Å². The molecule has 1 unspecified atom stereocenters. The van der Waals surface area contributed by atoms with Gasteiger partial charge in [0.1, 0.15) is 5.82 Å². The highest BCUT2D eigenvalue weighted by Gasteiger charge is 2.28. The number of nitrogens with one attached hydrogen (secondary N) is 2. The molecule has 5 nitrogen and oxygen atoms in total. The summed E-state index contributed by atoms with van der Waals surface area (Å²) in [5.74, 6) is -0.256. The smallest absolute Gasteiger partial charge is 0.278 e. The van der Waals surface area contributed by atoms with Crippen LogP contribution in [0.4, 0.5) is 4.39 Å². The topological polar surface area (TPSA) is 53.9 Å². The van der Waals surface area contributed by atoms with Crippen molar-refractivity contribution in [3.05, 3.63) is 35.6 Å². The van der Waals surface area contributed by atoms with Gasteiger partial charge in [-0.2, -0.15) is 0 Å². The van der Waals surface area contributed by atoms with Gasteiger partial charge in [-0.15, -0.1) is 0 Å². The number of carbonyl (C=O) groups is 2. The van der Waals surface area contributed by atoms with Crippen LogP contribution in [-0.2, 0) is 16.1 Å². The van der Waals surface area contributed by atoms with Gasteiger partial charge < -0.3 is 15.1 Å². The van der Waals surface area contributed by atoms with Crippen LogP contribution in [0, 0.1) is 5.82 Å². The molecule has 1 aromatic carbocycles. The van der Waals surface area contributed by atoms with E-state index in [4.69, 9.17) is 0 Å². The normalized spacial score (nSPS) is 16.2. The first-order chi connectivity index (χ1) is 12.8. The third-order valence-corrected chi connectivity index (χ3v) is 4.97. The molecule has 27 heavy (non-hydrogen) atoms. The van der Waals surface area contributed by atoms with Crippen molar-refractivity contribution in [2.75, 3.05) is 20.1 Å². The lowest BCUT2D eigenvalue weighted by molar-refractivity contribution is -0.863. The molecule has 2 rings (SSSR count). The number of nitrogens with zero attached hydrogens (tertiary/aromatic N) is 1. The Bertz CT molecular complexity index is 612. The highest BCUT2D eigenvalue weighted by molar-refractivity contribution is 5.79. The van der Waals surface area contributed by atoms with Gasteiger partial charge in [0.05, 0.1) is 7.05 Å². The third kappa shape index (κ3) is 7.29. The molecule has 0 aromatic heterocycles. The molecule has 1 atom stereocenters. The van der Waals surface area contributed by atoms with Crippen LogP contribution in [0.5, 0.6) is 0 Å². The summed E-state index contributed by atoms with van der Waals surface area (Å²) < 4.78 is 13.2. The molecule has 2 N–H and O–H groups in total. The molecule has 1 fully saturated rings. The fourth-order valence-electron chi connectivity index (χ4n) is 3.67. The van der Waals surface area contributed by atoms with Crippen LogP contribution in [0.2, 0.25) is 0 Å². The number of halogens is 1. The van der Waals surface area contributed by atoms with Gasteiger partial charge in [0.25, 0.3) is 11.8 Å². The molecule has 0 radical (unpaired) electrons. The van der Waals surface area contributed by atoms with Crippen LogP contribution in [0.25, 0.3) is 0 Å². The number of benzene rings is 1. The average Bonchev–Trinajstić information content (AvgIpc) is 2.60. The Morgan fingerprint density at radius 1 is 1.15 bits per heavy atom. The largest absolute Gasteiger partial charge is 0.349 e. The third-order valence-electron chi connectivity index (χ3n) is 4.97. The van der Waals surface area contributed by atoms with E-state index >= 15 is 0 Å². The highest BCUT2D eigenvalue weighted by atomic mass is 19.1. The molecule has 0 aliphatic heterocycles. The predicted octanol–water partition coefficient (Wildman–Crippen LogP) is 1.53. The zero-order chi connectivity index (χ0) is 19.8. The maximum absolute atomic E-state index is 13.2. The van der Waals surface area contributed by atoms with Crippen molar-refractivity contribution in [2.45, 2.75) is 64.6 Å². The van der Waals surface area contributed by atoms with Gasteiger partial charge in [-0.25, -0.2) is 4.39 Å². The second kappa shape index (κ2) is 10.4. The molecule has 1 saturated carbocycles. The lowest BCUT2D eigenvalue weighted by Gasteiger charge is -2.34. The summed E-state index contributed by atoms with van der Waals surface area (Å²) in [6.07, 6.45) is 5.52. The molecule has 0 spiro atoms. The maximum atomic E-state index is 13.2. The van der Waals surface area contributed by atoms with Gasteiger partial charge in [0.2, 0.25) is 0 Å². The molecule has 1 aliphatic carbocycles. The Kier molecular flexibility index (Phi) is 8.23. The number of likely N-dealkylation sites (N-methyl/N-ethyl adjacent to an activating group) is 1. The Morgan fingerprint density at radius 2 is 1.78 bits per heavy atom. The van der Waals surface area contributed by atoms with Gasteiger partial charge in [-0.05, 0) is 44.4 Å². The number of carbonyl (C=O) groups excluding carboxylic acids is 2. The molecule has 2 amide bonds. The van der Waals surface area contributed by atoms with Crippen molar-refractivity contribution in [3.63, 3.8) is 0 Å². The van der Waals surface area contributed by atoms with Crippen LogP contribution in [0.1, 0.15) is 51.5 Å². The van der Waals surface area contributed by atoms with Gasteiger partial charge in [-0.3, -0.25) is 9.59 Å². The summed E-state index contributed by atoms with van der Waals surface area (Å²) in [7, 11) is 1.87. The standard InChI is InChI=1S/C21H32FN3O2/c1-16(2)23-20(26)14-24(3)15-21(27)25(19-7-5-4-6-8-19)13-17-9-11-18(22)12-10-17/h9-12,16,19H,4-8,13-15H2,1-3H3,(H,23,26)/p+1. The average molecular weight is 379 g/mol. The van der Waals surface area contributed by atoms with Crippen LogP contribution in [-0.4, -0.2) is 48.9 Å². The van der Waals surface area contributed by atoms with Crippen molar-refractivity contribution < 1.29 is 18.9 Å². The minimum absolute atomic E-state index is 0.0435. The molecule has 0 heterocycles. The molecule has 1 aromatic rings. The molecular formula is C21H33FN3O2+. The number of hydrogen-bond donors (Lipinski definition) is 2. The van der Waals surface area contributed by atoms with E-state index in [1.807, 2.05) is 25.8 Å². The number of hydrogen-bond acceptors (Lipinski definition) is 2. The summed E-state index contributed by atoms with van der Waals surface area (Å²) in [6, 6.07) is 6.68. The SMILES string of the molecule is CC(C)NC(=O)C[NH+](C)CC(=O)N(Cc1ccc(F)cc1)C1CCCCC1. The first-order valence-electron chi connectivity index (χ1n) is 9.99. The molecule has 6 heteroatoms. The molecule has 0 saturated heterocycles. The Labute approximate surface area is 161 Å². The summed E-state index contributed by atoms with van der Waals surface area (Å²) in [4.78, 5) is 27.8. The van der Waals surface area contributed by atoms with Crippen LogP contribution < -0.4 is 10.2 Å². The van der Waals surface area contributed by atoms with Crippen molar-refractivity contribution in [1.29, 1.82) is 0 Å². The summed E-state index contributed by atoms with van der Waals surface area (Å²) in [6.45, 7) is 4.90. The predicted molar refractivity (Wildman–Crippen MR) is 104 cm³/mol. The van der Waals surface area contributed by atoms with E-state index in [2.05, 4.69) is 5.32 Å². The molecule has 0 bridgehead atoms. The molecular weight excluding hydrogens is 345 g/mol. The quantitative estimate of drug-likeness (QED) is 0.721. The van der Waals surface area contributed by atoms with E-state index in [0.29, 0.717) is 6.54 Å². The van der Waals surface area contributed by atoms with Crippen molar-refractivity contribution in [3.8, 4) is 0 Å². The second-order valence-electron chi connectivity index (χ2n) is 7.97. The molecule has 1 aliphatic rings. The van der Waals surface area contributed by atoms with Crippen molar-refractivity contribution >= 4 is 11.8 Å². The fourth-order valence-corrected chi connectivity index (χ4v) is 3.67. The minimum atomic E-state index is -0.269. The van der Waals surface area contributed by atoms with E-state index in [-0.39, 0.29) is 42.8 Å². The Hall–Kier alpha value is -1.95. The highest BCUT2D eigenvalue weighted by Crippen LogP contribution is 2.24. The van der Waals surface area contributed by atoms with E-state index in [0.717, 1.165) is 36.1 Å². The first kappa shape index (κ1) is 21.4. The first-order valence-corrected chi connectivity index (χ1v) is 9.99. The Balaban J connectivity index is 2.01. The van der Waals surface area contributed by atoms with Crippen LogP contribution >= 0.6 is 0 Å². The fraction of sp³-hybridized carbons (Fsp3) is 0.619. The Morgan fingerprint density at radius 3 is 2.37 bits per heavy atom. The number of rotatable bonds is 8. The summed E-state index contributed by atoms with van der Waals surface area (Å²) in [5, 5.41) is 2.86. The number of quaternary nitrogens is 1. The van der Waals surface area contributed by atoms with Gasteiger partial charge in [0, 0.05) is 18.6 Å². The van der Waals surface area contributed by atoms with Crippen molar-refractivity contribution in [2.24, 2.45) is 0 Å². The van der Waals surface area contributed by atoms with E-state index in [1.54, 1.807) is 12.1 Å². The second-order valence-corrected chi connectivity index (χ2v) is 7.97. The lowest BCUT2D eigenvalue weighted by Crippen LogP contribution is -3.11. The van der Waals surface area contributed by atoms with E-state index < -0.39 is 0 Å². The van der Waals surface area contributed by atoms with E-state index in [9.17, 15) is 14.0 Å². The zero-order valence-corrected chi connectivity index (χ0v) is 16.8.